The molecular formula is C15H19ClN2O5. The first-order valence-electron chi connectivity index (χ1n) is 7.18. The van der Waals surface area contributed by atoms with Crippen molar-refractivity contribution < 1.29 is 24.5 Å². The van der Waals surface area contributed by atoms with E-state index in [9.17, 15) is 14.7 Å². The van der Waals surface area contributed by atoms with Gasteiger partial charge in [0.2, 0.25) is 0 Å². The van der Waals surface area contributed by atoms with Gasteiger partial charge in [0.1, 0.15) is 5.75 Å². The quantitative estimate of drug-likeness (QED) is 0.698. The van der Waals surface area contributed by atoms with Crippen LogP contribution in [0, 0.1) is 0 Å². The van der Waals surface area contributed by atoms with Crippen LogP contribution in [0.5, 0.6) is 5.75 Å². The van der Waals surface area contributed by atoms with Crippen molar-refractivity contribution in [2.24, 2.45) is 5.73 Å². The number of carboxylic acid groups (broad SMARTS) is 1. The van der Waals surface area contributed by atoms with Crippen LogP contribution in [0.1, 0.15) is 18.4 Å². The van der Waals surface area contributed by atoms with Gasteiger partial charge in [0.05, 0.1) is 0 Å². The molecule has 0 spiro atoms. The number of nitrogens with two attached hydrogens (primary N) is 1. The van der Waals surface area contributed by atoms with E-state index >= 15 is 0 Å². The maximum Gasteiger partial charge on any atom is 0.335 e. The highest BCUT2D eigenvalue weighted by Crippen LogP contribution is 2.28. The molecule has 0 bridgehead atoms. The summed E-state index contributed by atoms with van der Waals surface area (Å²) in [5.41, 5.74) is 4.20. The lowest BCUT2D eigenvalue weighted by molar-refractivity contribution is -0.163. The van der Waals surface area contributed by atoms with Crippen molar-refractivity contribution in [2.75, 3.05) is 19.7 Å². The number of amides is 1. The smallest absolute Gasteiger partial charge is 0.335 e. The summed E-state index contributed by atoms with van der Waals surface area (Å²) in [5, 5.41) is 19.5. The van der Waals surface area contributed by atoms with Crippen LogP contribution in [0.3, 0.4) is 0 Å². The number of likely N-dealkylation sites (tertiary alicyclic amines) is 1. The van der Waals surface area contributed by atoms with Crippen molar-refractivity contribution in [3.05, 3.63) is 28.8 Å². The molecule has 0 saturated carbocycles. The Hall–Kier alpha value is -1.83. The second-order valence-corrected chi connectivity index (χ2v) is 6.06. The molecular weight excluding hydrogens is 324 g/mol. The molecule has 1 aromatic carbocycles. The number of rotatable bonds is 6. The first-order valence-corrected chi connectivity index (χ1v) is 7.55. The van der Waals surface area contributed by atoms with Gasteiger partial charge in [-0.2, -0.15) is 0 Å². The van der Waals surface area contributed by atoms with Crippen molar-refractivity contribution in [1.82, 2.24) is 4.90 Å². The summed E-state index contributed by atoms with van der Waals surface area (Å²) in [6.45, 7) is 1.12. The molecule has 126 valence electrons. The molecule has 4 N–H and O–H groups in total. The number of benzene rings is 1. The second kappa shape index (κ2) is 7.16. The van der Waals surface area contributed by atoms with Crippen LogP contribution in [0.25, 0.3) is 0 Å². The van der Waals surface area contributed by atoms with Gasteiger partial charge in [0.25, 0.3) is 5.91 Å². The van der Waals surface area contributed by atoms with Gasteiger partial charge in [-0.3, -0.25) is 9.69 Å². The molecule has 0 atom stereocenters. The van der Waals surface area contributed by atoms with Crippen LogP contribution in [-0.2, 0) is 16.1 Å². The molecule has 0 aliphatic carbocycles. The van der Waals surface area contributed by atoms with E-state index in [1.54, 1.807) is 18.2 Å². The topological polar surface area (TPSA) is 113 Å². The number of hydrogen-bond acceptors (Lipinski definition) is 5. The van der Waals surface area contributed by atoms with Crippen molar-refractivity contribution in [3.8, 4) is 5.75 Å². The van der Waals surface area contributed by atoms with E-state index in [-0.39, 0.29) is 19.4 Å². The Morgan fingerprint density at radius 2 is 2.00 bits per heavy atom. The number of primary amides is 1. The van der Waals surface area contributed by atoms with Crippen LogP contribution in [0.2, 0.25) is 5.02 Å². The van der Waals surface area contributed by atoms with Crippen LogP contribution < -0.4 is 10.5 Å². The minimum Gasteiger partial charge on any atom is -0.483 e. The summed E-state index contributed by atoms with van der Waals surface area (Å²) in [5.74, 6) is -1.26. The molecule has 1 fully saturated rings. The molecule has 7 nitrogen and oxygen atoms in total. The first kappa shape index (κ1) is 17.5. The number of piperidine rings is 1. The van der Waals surface area contributed by atoms with E-state index in [0.29, 0.717) is 30.4 Å². The van der Waals surface area contributed by atoms with Crippen LogP contribution in [-0.4, -0.2) is 52.3 Å². The molecule has 1 aromatic rings. The SMILES string of the molecule is NC(=O)COc1ccc(Cl)cc1CN1CCC(O)(C(=O)O)CC1. The molecule has 8 heteroatoms. The maximum atomic E-state index is 11.0. The highest BCUT2D eigenvalue weighted by molar-refractivity contribution is 6.30. The van der Waals surface area contributed by atoms with Gasteiger partial charge in [-0.25, -0.2) is 4.79 Å². The zero-order valence-corrected chi connectivity index (χ0v) is 13.3. The number of ether oxygens (including phenoxy) is 1. The number of nitrogens with zero attached hydrogens (tertiary/aromatic N) is 1. The Bertz CT molecular complexity index is 600. The average Bonchev–Trinajstić information content (AvgIpc) is 2.48. The van der Waals surface area contributed by atoms with E-state index < -0.39 is 17.5 Å². The highest BCUT2D eigenvalue weighted by atomic mass is 35.5. The molecule has 1 aliphatic heterocycles. The summed E-state index contributed by atoms with van der Waals surface area (Å²) in [7, 11) is 0. The number of carboxylic acids is 1. The predicted octanol–water partition coefficient (Wildman–Crippen LogP) is 0.616. The summed E-state index contributed by atoms with van der Waals surface area (Å²) in [6.07, 6.45) is 0.306. The second-order valence-electron chi connectivity index (χ2n) is 5.62. The predicted molar refractivity (Wildman–Crippen MR) is 83.2 cm³/mol. The third-order valence-electron chi connectivity index (χ3n) is 3.87. The molecule has 0 radical (unpaired) electrons. The Labute approximate surface area is 138 Å². The number of hydrogen-bond donors (Lipinski definition) is 3. The standard InChI is InChI=1S/C15H19ClN2O5/c16-11-1-2-12(23-9-13(17)19)10(7-11)8-18-5-3-15(22,4-6-18)14(20)21/h1-2,7,22H,3-6,8-9H2,(H2,17,19)(H,20,21). The lowest BCUT2D eigenvalue weighted by Gasteiger charge is -2.35. The van der Waals surface area contributed by atoms with Gasteiger partial charge in [-0.05, 0) is 31.0 Å². The number of aliphatic carboxylic acids is 1. The third kappa shape index (κ3) is 4.57. The maximum absolute atomic E-state index is 11.0. The average molecular weight is 343 g/mol. The van der Waals surface area contributed by atoms with Gasteiger partial charge in [0, 0.05) is 30.2 Å². The molecule has 1 aliphatic rings. The number of carbonyl (C=O) groups excluding carboxylic acids is 1. The fourth-order valence-electron chi connectivity index (χ4n) is 2.50. The van der Waals surface area contributed by atoms with Crippen molar-refractivity contribution >= 4 is 23.5 Å². The van der Waals surface area contributed by atoms with Crippen LogP contribution in [0.15, 0.2) is 18.2 Å². The van der Waals surface area contributed by atoms with E-state index in [1.807, 2.05) is 4.90 Å². The zero-order valence-electron chi connectivity index (χ0n) is 12.5. The highest BCUT2D eigenvalue weighted by Gasteiger charge is 2.39. The van der Waals surface area contributed by atoms with Crippen molar-refractivity contribution in [1.29, 1.82) is 0 Å². The van der Waals surface area contributed by atoms with Crippen LogP contribution in [0.4, 0.5) is 0 Å². The summed E-state index contributed by atoms with van der Waals surface area (Å²) < 4.78 is 5.37. The molecule has 1 saturated heterocycles. The Morgan fingerprint density at radius 1 is 1.35 bits per heavy atom. The fraction of sp³-hybridized carbons (Fsp3) is 0.467. The Balaban J connectivity index is 2.04. The normalized spacial score (nSPS) is 17.7. The van der Waals surface area contributed by atoms with Gasteiger partial charge in [-0.15, -0.1) is 0 Å². The third-order valence-corrected chi connectivity index (χ3v) is 4.10. The summed E-state index contributed by atoms with van der Waals surface area (Å²) >= 11 is 6.00. The lowest BCUT2D eigenvalue weighted by Crippen LogP contribution is -2.49. The number of carbonyl (C=O) groups is 2. The lowest BCUT2D eigenvalue weighted by atomic mass is 9.91. The van der Waals surface area contributed by atoms with E-state index in [0.717, 1.165) is 5.56 Å². The molecule has 23 heavy (non-hydrogen) atoms. The van der Waals surface area contributed by atoms with Gasteiger partial charge in [0.15, 0.2) is 12.2 Å². The molecule has 0 unspecified atom stereocenters. The van der Waals surface area contributed by atoms with Crippen LogP contribution >= 0.6 is 11.6 Å². The zero-order chi connectivity index (χ0) is 17.0. The van der Waals surface area contributed by atoms with Gasteiger partial charge >= 0.3 is 5.97 Å². The van der Waals surface area contributed by atoms with Gasteiger partial charge < -0.3 is 20.7 Å². The summed E-state index contributed by atoms with van der Waals surface area (Å²) in [6, 6.07) is 5.05. The molecule has 2 rings (SSSR count). The minimum absolute atomic E-state index is 0.153. The largest absolute Gasteiger partial charge is 0.483 e. The number of aliphatic hydroxyl groups is 1. The molecule has 0 aromatic heterocycles. The minimum atomic E-state index is -1.66. The fourth-order valence-corrected chi connectivity index (χ4v) is 2.69. The monoisotopic (exact) mass is 342 g/mol. The Kier molecular flexibility index (Phi) is 5.46. The van der Waals surface area contributed by atoms with Crippen molar-refractivity contribution in [2.45, 2.75) is 25.0 Å². The first-order chi connectivity index (χ1) is 10.8. The van der Waals surface area contributed by atoms with E-state index in [2.05, 4.69) is 0 Å². The van der Waals surface area contributed by atoms with Gasteiger partial charge in [-0.1, -0.05) is 11.6 Å². The van der Waals surface area contributed by atoms with E-state index in [4.69, 9.17) is 27.2 Å². The molecule has 1 amide bonds. The Morgan fingerprint density at radius 3 is 2.57 bits per heavy atom. The summed E-state index contributed by atoms with van der Waals surface area (Å²) in [4.78, 5) is 23.9. The van der Waals surface area contributed by atoms with E-state index in [1.165, 1.54) is 0 Å². The molecule has 1 heterocycles. The number of halogens is 1. The van der Waals surface area contributed by atoms with Crippen molar-refractivity contribution in [3.63, 3.8) is 0 Å².